The zero-order valence-electron chi connectivity index (χ0n) is 11.9. The topological polar surface area (TPSA) is 53.9 Å². The molecule has 0 saturated heterocycles. The monoisotopic (exact) mass is 269 g/mol. The molecule has 0 spiro atoms. The van der Waals surface area contributed by atoms with E-state index < -0.39 is 0 Å². The fourth-order valence-corrected chi connectivity index (χ4v) is 2.14. The minimum absolute atomic E-state index is 0.552. The summed E-state index contributed by atoms with van der Waals surface area (Å²) >= 11 is 0. The molecule has 1 N–H and O–H groups in total. The van der Waals surface area contributed by atoms with E-state index >= 15 is 0 Å². The Kier molecular flexibility index (Phi) is 3.50. The molecule has 2 heterocycles. The summed E-state index contributed by atoms with van der Waals surface area (Å²) in [4.78, 5) is 15.4. The van der Waals surface area contributed by atoms with Crippen molar-refractivity contribution < 1.29 is 0 Å². The van der Waals surface area contributed by atoms with Crippen LogP contribution in [-0.2, 0) is 6.54 Å². The molecule has 0 bridgehead atoms. The van der Waals surface area contributed by atoms with Crippen molar-refractivity contribution in [3.8, 4) is 0 Å². The summed E-state index contributed by atoms with van der Waals surface area (Å²) in [6.45, 7) is 0.812. The summed E-state index contributed by atoms with van der Waals surface area (Å²) in [5.41, 5.74) is 1.22. The average Bonchev–Trinajstić information content (AvgIpc) is 3.32. The van der Waals surface area contributed by atoms with E-state index in [0.717, 1.165) is 24.0 Å². The maximum Gasteiger partial charge on any atom is 0.136 e. The number of hydrogen-bond donors (Lipinski definition) is 1. The fourth-order valence-electron chi connectivity index (χ4n) is 2.14. The molecule has 5 nitrogen and oxygen atoms in total. The Morgan fingerprint density at radius 2 is 2.00 bits per heavy atom. The predicted molar refractivity (Wildman–Crippen MR) is 79.9 cm³/mol. The summed E-state index contributed by atoms with van der Waals surface area (Å²) in [5.74, 6) is 3.37. The maximum absolute atomic E-state index is 4.70. The number of nitrogens with zero attached hydrogens (tertiary/aromatic N) is 4. The summed E-state index contributed by atoms with van der Waals surface area (Å²) in [6.07, 6.45) is 6.05. The van der Waals surface area contributed by atoms with Gasteiger partial charge >= 0.3 is 0 Å². The van der Waals surface area contributed by atoms with Crippen molar-refractivity contribution in [2.75, 3.05) is 24.3 Å². The van der Waals surface area contributed by atoms with E-state index in [4.69, 9.17) is 4.98 Å². The molecule has 0 aromatic carbocycles. The molecular formula is C15H19N5. The molecule has 20 heavy (non-hydrogen) atoms. The van der Waals surface area contributed by atoms with Crippen LogP contribution in [0.2, 0.25) is 0 Å². The zero-order valence-corrected chi connectivity index (χ0v) is 11.9. The molecule has 1 aliphatic rings. The van der Waals surface area contributed by atoms with Crippen molar-refractivity contribution in [3.63, 3.8) is 0 Å². The van der Waals surface area contributed by atoms with E-state index in [1.54, 1.807) is 0 Å². The van der Waals surface area contributed by atoms with Crippen LogP contribution in [0.1, 0.15) is 30.1 Å². The van der Waals surface area contributed by atoms with Crippen LogP contribution in [-0.4, -0.2) is 29.0 Å². The first kappa shape index (κ1) is 12.8. The van der Waals surface area contributed by atoms with Gasteiger partial charge in [-0.25, -0.2) is 9.97 Å². The molecule has 0 unspecified atom stereocenters. The van der Waals surface area contributed by atoms with E-state index in [0.29, 0.717) is 5.92 Å². The van der Waals surface area contributed by atoms with Crippen LogP contribution in [0.25, 0.3) is 0 Å². The van der Waals surface area contributed by atoms with Crippen LogP contribution < -0.4 is 10.2 Å². The van der Waals surface area contributed by atoms with Gasteiger partial charge in [-0.05, 0) is 30.5 Å². The lowest BCUT2D eigenvalue weighted by Crippen LogP contribution is -2.19. The van der Waals surface area contributed by atoms with Crippen LogP contribution in [0.15, 0.2) is 30.6 Å². The van der Waals surface area contributed by atoms with Crippen LogP contribution >= 0.6 is 0 Å². The van der Waals surface area contributed by atoms with Crippen molar-refractivity contribution in [2.24, 2.45) is 0 Å². The maximum atomic E-state index is 4.70. The van der Waals surface area contributed by atoms with Gasteiger partial charge in [-0.3, -0.25) is 4.98 Å². The molecule has 5 heteroatoms. The molecule has 0 amide bonds. The van der Waals surface area contributed by atoms with Crippen molar-refractivity contribution in [1.29, 1.82) is 0 Å². The van der Waals surface area contributed by atoms with Crippen molar-refractivity contribution >= 4 is 11.6 Å². The van der Waals surface area contributed by atoms with E-state index in [1.807, 2.05) is 37.6 Å². The quantitative estimate of drug-likeness (QED) is 0.903. The molecule has 1 saturated carbocycles. The molecule has 3 rings (SSSR count). The molecular weight excluding hydrogens is 250 g/mol. The second kappa shape index (κ2) is 5.45. The summed E-state index contributed by atoms with van der Waals surface area (Å²) in [7, 11) is 3.95. The Bertz CT molecular complexity index is 580. The predicted octanol–water partition coefficient (Wildman–Crippen LogP) is 2.43. The van der Waals surface area contributed by atoms with E-state index in [1.165, 1.54) is 18.4 Å². The zero-order chi connectivity index (χ0) is 13.9. The van der Waals surface area contributed by atoms with Gasteiger partial charge in [0.15, 0.2) is 0 Å². The van der Waals surface area contributed by atoms with Gasteiger partial charge < -0.3 is 10.2 Å². The van der Waals surface area contributed by atoms with Crippen molar-refractivity contribution in [2.45, 2.75) is 25.3 Å². The summed E-state index contributed by atoms with van der Waals surface area (Å²) < 4.78 is 0. The van der Waals surface area contributed by atoms with Gasteiger partial charge in [-0.15, -0.1) is 0 Å². The molecule has 2 aromatic rings. The highest BCUT2D eigenvalue weighted by Gasteiger charge is 2.27. The Labute approximate surface area is 119 Å². The second-order valence-electron chi connectivity index (χ2n) is 5.21. The van der Waals surface area contributed by atoms with Gasteiger partial charge in [0.25, 0.3) is 0 Å². The van der Waals surface area contributed by atoms with E-state index in [2.05, 4.69) is 27.2 Å². The first-order valence-corrected chi connectivity index (χ1v) is 6.93. The van der Waals surface area contributed by atoms with Crippen LogP contribution in [0.3, 0.4) is 0 Å². The third-order valence-corrected chi connectivity index (χ3v) is 3.49. The Hall–Kier alpha value is -2.17. The molecule has 1 aliphatic carbocycles. The molecule has 1 fully saturated rings. The highest BCUT2D eigenvalue weighted by molar-refractivity contribution is 5.49. The standard InChI is InChI=1S/C15H19N5/c1-16-13-9-14(19-15(18-13)12-3-4-12)20(2)10-11-5-7-17-8-6-11/h5-9,12H,3-4,10H2,1-2H3,(H,16,18,19). The van der Waals surface area contributed by atoms with Gasteiger partial charge in [-0.2, -0.15) is 0 Å². The Balaban J connectivity index is 1.83. The lowest BCUT2D eigenvalue weighted by Gasteiger charge is -2.19. The van der Waals surface area contributed by atoms with Crippen molar-refractivity contribution in [1.82, 2.24) is 15.0 Å². The van der Waals surface area contributed by atoms with Gasteiger partial charge in [0.2, 0.25) is 0 Å². The smallest absolute Gasteiger partial charge is 0.136 e. The molecule has 104 valence electrons. The lowest BCUT2D eigenvalue weighted by molar-refractivity contribution is 0.854. The fraction of sp³-hybridized carbons (Fsp3) is 0.400. The first-order chi connectivity index (χ1) is 9.76. The molecule has 0 aliphatic heterocycles. The summed E-state index contributed by atoms with van der Waals surface area (Å²) in [5, 5.41) is 3.12. The number of pyridine rings is 1. The van der Waals surface area contributed by atoms with Gasteiger partial charge in [-0.1, -0.05) is 0 Å². The van der Waals surface area contributed by atoms with Crippen LogP contribution in [0.4, 0.5) is 11.6 Å². The largest absolute Gasteiger partial charge is 0.373 e. The van der Waals surface area contributed by atoms with Crippen molar-refractivity contribution in [3.05, 3.63) is 42.0 Å². The average molecular weight is 269 g/mol. The number of anilines is 2. The first-order valence-electron chi connectivity index (χ1n) is 6.93. The highest BCUT2D eigenvalue weighted by atomic mass is 15.2. The minimum atomic E-state index is 0.552. The Morgan fingerprint density at radius 3 is 2.65 bits per heavy atom. The molecule has 0 radical (unpaired) electrons. The number of rotatable bonds is 5. The summed E-state index contributed by atoms with van der Waals surface area (Å²) in [6, 6.07) is 6.05. The van der Waals surface area contributed by atoms with Crippen LogP contribution in [0.5, 0.6) is 0 Å². The number of nitrogens with one attached hydrogen (secondary N) is 1. The molecule has 2 aromatic heterocycles. The van der Waals surface area contributed by atoms with E-state index in [9.17, 15) is 0 Å². The lowest BCUT2D eigenvalue weighted by atomic mass is 10.2. The normalized spacial score (nSPS) is 14.1. The third kappa shape index (κ3) is 2.87. The number of aromatic nitrogens is 3. The Morgan fingerprint density at radius 1 is 1.25 bits per heavy atom. The minimum Gasteiger partial charge on any atom is -0.373 e. The van der Waals surface area contributed by atoms with E-state index in [-0.39, 0.29) is 0 Å². The van der Waals surface area contributed by atoms with Crippen LogP contribution in [0, 0.1) is 0 Å². The second-order valence-corrected chi connectivity index (χ2v) is 5.21. The van der Waals surface area contributed by atoms with Gasteiger partial charge in [0, 0.05) is 45.0 Å². The highest BCUT2D eigenvalue weighted by Crippen LogP contribution is 2.39. The SMILES string of the molecule is CNc1cc(N(C)Cc2ccncc2)nc(C2CC2)n1. The van der Waals surface area contributed by atoms with Gasteiger partial charge in [0.05, 0.1) is 0 Å². The van der Waals surface area contributed by atoms with Gasteiger partial charge in [0.1, 0.15) is 17.5 Å². The molecule has 0 atom stereocenters. The third-order valence-electron chi connectivity index (χ3n) is 3.49. The number of hydrogen-bond acceptors (Lipinski definition) is 5.